The number of aliphatic hydroxyl groups excluding tert-OH is 1. The van der Waals surface area contributed by atoms with Gasteiger partial charge < -0.3 is 14.7 Å². The molecule has 0 fully saturated rings. The van der Waals surface area contributed by atoms with E-state index >= 15 is 0 Å². The Labute approximate surface area is 68.7 Å². The Kier molecular flexibility index (Phi) is 5.27. The van der Waals surface area contributed by atoms with Gasteiger partial charge in [0.05, 0.1) is 6.61 Å². The Morgan fingerprint density at radius 2 is 2.25 bits per heavy atom. The van der Waals surface area contributed by atoms with Crippen LogP contribution in [0.15, 0.2) is 0 Å². The molecule has 0 bridgehead atoms. The Morgan fingerprint density at radius 3 is 2.67 bits per heavy atom. The lowest BCUT2D eigenvalue weighted by Gasteiger charge is -2.14. The van der Waals surface area contributed by atoms with Crippen molar-refractivity contribution in [1.82, 2.24) is 4.90 Å². The van der Waals surface area contributed by atoms with E-state index in [1.807, 2.05) is 0 Å². The molecule has 0 radical (unpaired) electrons. The maximum Gasteiger partial charge on any atom is 0.409 e. The maximum atomic E-state index is 11.5. The van der Waals surface area contributed by atoms with Gasteiger partial charge in [-0.15, -0.1) is 0 Å². The summed E-state index contributed by atoms with van der Waals surface area (Å²) < 4.78 is 27.1. The van der Waals surface area contributed by atoms with Gasteiger partial charge in [0.1, 0.15) is 0 Å². The number of likely N-dealkylation sites (N-methyl/N-ethyl adjacent to an activating group) is 1. The zero-order chi connectivity index (χ0) is 9.56. The summed E-state index contributed by atoms with van der Waals surface area (Å²) in [5, 5.41) is 8.37. The van der Waals surface area contributed by atoms with Crippen LogP contribution < -0.4 is 0 Å². The summed E-state index contributed by atoms with van der Waals surface area (Å²) in [5.74, 6) is 0. The number of nitrogens with zero attached hydrogens (tertiary/aromatic N) is 1. The van der Waals surface area contributed by atoms with Crippen LogP contribution in [0.2, 0.25) is 0 Å². The molecule has 0 saturated carbocycles. The number of rotatable bonds is 4. The minimum Gasteiger partial charge on any atom is -0.443 e. The molecule has 1 N–H and O–H groups in total. The minimum absolute atomic E-state index is 0.0715. The van der Waals surface area contributed by atoms with Gasteiger partial charge in [0.25, 0.3) is 6.43 Å². The van der Waals surface area contributed by atoms with Crippen LogP contribution in [0.4, 0.5) is 13.6 Å². The second-order valence-electron chi connectivity index (χ2n) is 2.11. The smallest absolute Gasteiger partial charge is 0.409 e. The molecule has 1 amide bonds. The Balaban J connectivity index is 3.57. The Hall–Kier alpha value is -0.910. The monoisotopic (exact) mass is 183 g/mol. The van der Waals surface area contributed by atoms with E-state index in [2.05, 4.69) is 4.74 Å². The lowest BCUT2D eigenvalue weighted by atomic mass is 10.6. The molecule has 12 heavy (non-hydrogen) atoms. The quantitative estimate of drug-likeness (QED) is 0.682. The predicted octanol–water partition coefficient (Wildman–Crippen LogP) is 0.312. The van der Waals surface area contributed by atoms with Crippen LogP contribution in [-0.4, -0.2) is 49.3 Å². The zero-order valence-electron chi connectivity index (χ0n) is 6.67. The van der Waals surface area contributed by atoms with Crippen molar-refractivity contribution in [1.29, 1.82) is 0 Å². The summed E-state index contributed by atoms with van der Waals surface area (Å²) in [6.07, 6.45) is -3.51. The van der Waals surface area contributed by atoms with Gasteiger partial charge in [-0.2, -0.15) is 0 Å². The number of amides is 1. The van der Waals surface area contributed by atoms with E-state index in [0.29, 0.717) is 0 Å². The fraction of sp³-hybridized carbons (Fsp3) is 0.833. The van der Waals surface area contributed by atoms with Crippen molar-refractivity contribution in [2.75, 3.05) is 26.8 Å². The molecule has 0 aliphatic carbocycles. The van der Waals surface area contributed by atoms with E-state index < -0.39 is 19.1 Å². The standard InChI is InChI=1S/C6H11F2NO3/c1-9(2-3-10)6(11)12-4-5(7)8/h5,10H,2-4H2,1H3. The first-order valence-electron chi connectivity index (χ1n) is 3.34. The number of ether oxygens (including phenoxy) is 1. The highest BCUT2D eigenvalue weighted by atomic mass is 19.3. The highest BCUT2D eigenvalue weighted by Gasteiger charge is 2.11. The molecule has 72 valence electrons. The summed E-state index contributed by atoms with van der Waals surface area (Å²) in [6, 6.07) is 0. The van der Waals surface area contributed by atoms with Crippen molar-refractivity contribution in [3.05, 3.63) is 0 Å². The summed E-state index contributed by atoms with van der Waals surface area (Å²) in [6.45, 7) is -1.06. The van der Waals surface area contributed by atoms with Gasteiger partial charge in [0.2, 0.25) is 0 Å². The van der Waals surface area contributed by atoms with Crippen molar-refractivity contribution in [3.8, 4) is 0 Å². The molecular weight excluding hydrogens is 172 g/mol. The molecule has 0 heterocycles. The second-order valence-corrected chi connectivity index (χ2v) is 2.11. The molecule has 0 rings (SSSR count). The molecule has 0 atom stereocenters. The van der Waals surface area contributed by atoms with Gasteiger partial charge in [0, 0.05) is 13.6 Å². The van der Waals surface area contributed by atoms with Crippen molar-refractivity contribution in [3.63, 3.8) is 0 Å². The van der Waals surface area contributed by atoms with Gasteiger partial charge in [-0.05, 0) is 0 Å². The highest BCUT2D eigenvalue weighted by molar-refractivity contribution is 5.67. The van der Waals surface area contributed by atoms with E-state index in [1.54, 1.807) is 0 Å². The number of alkyl halides is 2. The third-order valence-corrected chi connectivity index (χ3v) is 1.08. The SMILES string of the molecule is CN(CCO)C(=O)OCC(F)F. The lowest BCUT2D eigenvalue weighted by Crippen LogP contribution is -2.31. The van der Waals surface area contributed by atoms with Crippen LogP contribution in [0.1, 0.15) is 0 Å². The first kappa shape index (κ1) is 11.1. The molecule has 0 aliphatic heterocycles. The van der Waals surface area contributed by atoms with Gasteiger partial charge >= 0.3 is 6.09 Å². The van der Waals surface area contributed by atoms with Gasteiger partial charge in [0.15, 0.2) is 6.61 Å². The van der Waals surface area contributed by atoms with E-state index in [-0.39, 0.29) is 13.2 Å². The normalized spacial score (nSPS) is 10.1. The van der Waals surface area contributed by atoms with Crippen molar-refractivity contribution in [2.45, 2.75) is 6.43 Å². The molecule has 0 aromatic rings. The zero-order valence-corrected chi connectivity index (χ0v) is 6.67. The largest absolute Gasteiger partial charge is 0.443 e. The number of halogens is 2. The molecule has 0 saturated heterocycles. The topological polar surface area (TPSA) is 49.8 Å². The van der Waals surface area contributed by atoms with Crippen LogP contribution in [-0.2, 0) is 4.74 Å². The van der Waals surface area contributed by atoms with Gasteiger partial charge in [-0.3, -0.25) is 0 Å². The van der Waals surface area contributed by atoms with Crippen LogP contribution >= 0.6 is 0 Å². The van der Waals surface area contributed by atoms with Gasteiger partial charge in [-0.1, -0.05) is 0 Å². The number of hydrogen-bond donors (Lipinski definition) is 1. The van der Waals surface area contributed by atoms with E-state index in [4.69, 9.17) is 5.11 Å². The number of carbonyl (C=O) groups excluding carboxylic acids is 1. The van der Waals surface area contributed by atoms with Crippen molar-refractivity contribution in [2.24, 2.45) is 0 Å². The minimum atomic E-state index is -2.66. The summed E-state index contributed by atoms with van der Waals surface area (Å²) in [5.41, 5.74) is 0. The molecular formula is C6H11F2NO3. The molecule has 6 heteroatoms. The Morgan fingerprint density at radius 1 is 1.67 bits per heavy atom. The number of aliphatic hydroxyl groups is 1. The molecule has 0 unspecified atom stereocenters. The summed E-state index contributed by atoms with van der Waals surface area (Å²) in [4.78, 5) is 11.7. The first-order valence-corrected chi connectivity index (χ1v) is 3.34. The van der Waals surface area contributed by atoms with Crippen LogP contribution in [0, 0.1) is 0 Å². The highest BCUT2D eigenvalue weighted by Crippen LogP contribution is 1.95. The van der Waals surface area contributed by atoms with Crippen LogP contribution in [0.25, 0.3) is 0 Å². The fourth-order valence-electron chi connectivity index (χ4n) is 0.486. The van der Waals surface area contributed by atoms with Crippen molar-refractivity contribution >= 4 is 6.09 Å². The second kappa shape index (κ2) is 5.70. The molecule has 0 aliphatic rings. The average Bonchev–Trinajstić information content (AvgIpc) is 2.00. The van der Waals surface area contributed by atoms with Crippen LogP contribution in [0.3, 0.4) is 0 Å². The maximum absolute atomic E-state index is 11.5. The predicted molar refractivity (Wildman–Crippen MR) is 37.1 cm³/mol. The number of carbonyl (C=O) groups is 1. The average molecular weight is 183 g/mol. The Bertz CT molecular complexity index is 143. The van der Waals surface area contributed by atoms with Gasteiger partial charge in [-0.25, -0.2) is 13.6 Å². The van der Waals surface area contributed by atoms with E-state index in [9.17, 15) is 13.6 Å². The van der Waals surface area contributed by atoms with Crippen molar-refractivity contribution < 1.29 is 23.4 Å². The van der Waals surface area contributed by atoms with E-state index in [1.165, 1.54) is 7.05 Å². The number of hydrogen-bond acceptors (Lipinski definition) is 3. The lowest BCUT2D eigenvalue weighted by molar-refractivity contribution is 0.0333. The third-order valence-electron chi connectivity index (χ3n) is 1.08. The van der Waals surface area contributed by atoms with E-state index in [0.717, 1.165) is 4.90 Å². The summed E-state index contributed by atoms with van der Waals surface area (Å²) >= 11 is 0. The third kappa shape index (κ3) is 4.84. The molecule has 4 nitrogen and oxygen atoms in total. The molecule has 0 spiro atoms. The van der Waals surface area contributed by atoms with Crippen LogP contribution in [0.5, 0.6) is 0 Å². The molecule has 0 aromatic carbocycles. The molecule has 0 aromatic heterocycles. The fourth-order valence-corrected chi connectivity index (χ4v) is 0.486. The summed E-state index contributed by atoms with van der Waals surface area (Å²) in [7, 11) is 1.35. The first-order chi connectivity index (χ1) is 5.57.